The molecule has 1 aliphatic rings. The van der Waals surface area contributed by atoms with Crippen LogP contribution in [0.25, 0.3) is 0 Å². The number of halogens is 1. The number of rotatable bonds is 6. The van der Waals surface area contributed by atoms with Crippen LogP contribution in [0.3, 0.4) is 0 Å². The Kier molecular flexibility index (Phi) is 4.51. The summed E-state index contributed by atoms with van der Waals surface area (Å²) in [6, 6.07) is 15.4. The monoisotopic (exact) mass is 284 g/mol. The summed E-state index contributed by atoms with van der Waals surface area (Å²) >= 11 is 0. The molecule has 0 atom stereocenters. The van der Waals surface area contributed by atoms with E-state index in [-0.39, 0.29) is 5.82 Å². The molecular weight excluding hydrogens is 263 g/mol. The molecule has 2 aromatic carbocycles. The van der Waals surface area contributed by atoms with Gasteiger partial charge in [0.1, 0.15) is 5.82 Å². The molecule has 0 unspecified atom stereocenters. The summed E-state index contributed by atoms with van der Waals surface area (Å²) in [6.07, 6.45) is 2.26. The lowest BCUT2D eigenvalue weighted by atomic mass is 10.2. The first-order chi connectivity index (χ1) is 10.3. The SMILES string of the molecule is Fc1cccc(CNCCCN2CCc3ccccc32)c1. The standard InChI is InChI=1S/C18H21FN2/c19-17-7-3-5-15(13-17)14-20-10-4-11-21-12-9-16-6-1-2-8-18(16)21/h1-3,5-8,13,20H,4,9-12,14H2. The molecule has 0 radical (unpaired) electrons. The van der Waals surface area contributed by atoms with Crippen LogP contribution >= 0.6 is 0 Å². The van der Waals surface area contributed by atoms with Gasteiger partial charge in [-0.3, -0.25) is 0 Å². The van der Waals surface area contributed by atoms with Gasteiger partial charge in [-0.1, -0.05) is 30.3 Å². The molecule has 1 aliphatic heterocycles. The molecule has 3 rings (SSSR count). The largest absolute Gasteiger partial charge is 0.371 e. The average Bonchev–Trinajstić information content (AvgIpc) is 2.90. The van der Waals surface area contributed by atoms with E-state index in [1.54, 1.807) is 12.1 Å². The minimum Gasteiger partial charge on any atom is -0.371 e. The molecule has 21 heavy (non-hydrogen) atoms. The van der Waals surface area contributed by atoms with E-state index in [1.165, 1.54) is 17.3 Å². The van der Waals surface area contributed by atoms with Gasteiger partial charge in [0.05, 0.1) is 0 Å². The van der Waals surface area contributed by atoms with Crippen molar-refractivity contribution in [3.05, 3.63) is 65.5 Å². The highest BCUT2D eigenvalue weighted by Gasteiger charge is 2.16. The Balaban J connectivity index is 1.40. The van der Waals surface area contributed by atoms with Crippen molar-refractivity contribution in [1.29, 1.82) is 0 Å². The van der Waals surface area contributed by atoms with E-state index in [4.69, 9.17) is 0 Å². The van der Waals surface area contributed by atoms with Crippen molar-refractivity contribution >= 4 is 5.69 Å². The van der Waals surface area contributed by atoms with Crippen molar-refractivity contribution in [3.8, 4) is 0 Å². The Morgan fingerprint density at radius 1 is 1.10 bits per heavy atom. The van der Waals surface area contributed by atoms with Gasteiger partial charge in [0.15, 0.2) is 0 Å². The van der Waals surface area contributed by atoms with Crippen LogP contribution in [-0.2, 0) is 13.0 Å². The van der Waals surface area contributed by atoms with E-state index in [9.17, 15) is 4.39 Å². The van der Waals surface area contributed by atoms with Gasteiger partial charge in [0.2, 0.25) is 0 Å². The second-order valence-corrected chi connectivity index (χ2v) is 5.53. The van der Waals surface area contributed by atoms with Crippen molar-refractivity contribution in [2.45, 2.75) is 19.4 Å². The van der Waals surface area contributed by atoms with Crippen LogP contribution in [0.15, 0.2) is 48.5 Å². The summed E-state index contributed by atoms with van der Waals surface area (Å²) in [6.45, 7) is 3.89. The second kappa shape index (κ2) is 6.72. The number of hydrogen-bond donors (Lipinski definition) is 1. The van der Waals surface area contributed by atoms with Gasteiger partial charge < -0.3 is 10.2 Å². The fourth-order valence-corrected chi connectivity index (χ4v) is 2.91. The van der Waals surface area contributed by atoms with Gasteiger partial charge in [0, 0.05) is 25.3 Å². The summed E-state index contributed by atoms with van der Waals surface area (Å²) in [5.74, 6) is -0.164. The van der Waals surface area contributed by atoms with Crippen LogP contribution in [0.2, 0.25) is 0 Å². The van der Waals surface area contributed by atoms with Crippen molar-refractivity contribution in [1.82, 2.24) is 5.32 Å². The maximum atomic E-state index is 13.1. The number of benzene rings is 2. The van der Waals surface area contributed by atoms with Crippen LogP contribution in [0.5, 0.6) is 0 Å². The predicted octanol–water partition coefficient (Wildman–Crippen LogP) is 3.37. The third-order valence-corrected chi connectivity index (χ3v) is 3.98. The third-order valence-electron chi connectivity index (χ3n) is 3.98. The number of hydrogen-bond acceptors (Lipinski definition) is 2. The first-order valence-electron chi connectivity index (χ1n) is 7.61. The highest BCUT2D eigenvalue weighted by molar-refractivity contribution is 5.57. The highest BCUT2D eigenvalue weighted by atomic mass is 19.1. The zero-order chi connectivity index (χ0) is 14.5. The van der Waals surface area contributed by atoms with Crippen molar-refractivity contribution in [3.63, 3.8) is 0 Å². The first kappa shape index (κ1) is 14.1. The number of nitrogens with one attached hydrogen (secondary N) is 1. The summed E-state index contributed by atoms with van der Waals surface area (Å²) in [4.78, 5) is 2.46. The number of nitrogens with zero attached hydrogens (tertiary/aromatic N) is 1. The van der Waals surface area contributed by atoms with Gasteiger partial charge >= 0.3 is 0 Å². The Labute approximate surface area is 125 Å². The summed E-state index contributed by atoms with van der Waals surface area (Å²) < 4.78 is 13.1. The van der Waals surface area contributed by atoms with Gasteiger partial charge in [-0.25, -0.2) is 4.39 Å². The van der Waals surface area contributed by atoms with E-state index in [0.29, 0.717) is 0 Å². The quantitative estimate of drug-likeness (QED) is 0.818. The molecule has 0 aliphatic carbocycles. The normalized spacial score (nSPS) is 13.5. The first-order valence-corrected chi connectivity index (χ1v) is 7.61. The number of para-hydroxylation sites is 1. The molecule has 0 bridgehead atoms. The maximum absolute atomic E-state index is 13.1. The molecule has 0 saturated carbocycles. The van der Waals surface area contributed by atoms with Crippen molar-refractivity contribution in [2.24, 2.45) is 0 Å². The molecule has 0 spiro atoms. The fraction of sp³-hybridized carbons (Fsp3) is 0.333. The molecule has 0 fully saturated rings. The molecule has 2 nitrogen and oxygen atoms in total. The molecule has 1 N–H and O–H groups in total. The van der Waals surface area contributed by atoms with E-state index >= 15 is 0 Å². The van der Waals surface area contributed by atoms with Crippen molar-refractivity contribution < 1.29 is 4.39 Å². The topological polar surface area (TPSA) is 15.3 Å². The predicted molar refractivity (Wildman–Crippen MR) is 85.1 cm³/mol. The zero-order valence-corrected chi connectivity index (χ0v) is 12.2. The molecule has 0 aromatic heterocycles. The molecule has 1 heterocycles. The third kappa shape index (κ3) is 3.61. The second-order valence-electron chi connectivity index (χ2n) is 5.53. The van der Waals surface area contributed by atoms with Gasteiger partial charge in [0.25, 0.3) is 0 Å². The molecule has 0 saturated heterocycles. The van der Waals surface area contributed by atoms with Crippen LogP contribution in [0, 0.1) is 5.82 Å². The van der Waals surface area contributed by atoms with E-state index in [2.05, 4.69) is 34.5 Å². The summed E-state index contributed by atoms with van der Waals surface area (Å²) in [7, 11) is 0. The smallest absolute Gasteiger partial charge is 0.123 e. The lowest BCUT2D eigenvalue weighted by Gasteiger charge is -2.19. The Morgan fingerprint density at radius 2 is 2.00 bits per heavy atom. The van der Waals surface area contributed by atoms with Crippen molar-refractivity contribution in [2.75, 3.05) is 24.5 Å². The fourth-order valence-electron chi connectivity index (χ4n) is 2.91. The summed E-state index contributed by atoms with van der Waals surface area (Å²) in [5.41, 5.74) is 3.86. The lowest BCUT2D eigenvalue weighted by molar-refractivity contribution is 0.614. The zero-order valence-electron chi connectivity index (χ0n) is 12.2. The van der Waals surface area contributed by atoms with E-state index in [0.717, 1.165) is 44.6 Å². The van der Waals surface area contributed by atoms with Gasteiger partial charge in [-0.05, 0) is 48.7 Å². The Bertz CT molecular complexity index is 597. The minimum atomic E-state index is -0.164. The average molecular weight is 284 g/mol. The van der Waals surface area contributed by atoms with Crippen LogP contribution < -0.4 is 10.2 Å². The maximum Gasteiger partial charge on any atom is 0.123 e. The summed E-state index contributed by atoms with van der Waals surface area (Å²) in [5, 5.41) is 3.38. The molecule has 110 valence electrons. The lowest BCUT2D eigenvalue weighted by Crippen LogP contribution is -2.25. The molecule has 2 aromatic rings. The van der Waals surface area contributed by atoms with E-state index < -0.39 is 0 Å². The highest BCUT2D eigenvalue weighted by Crippen LogP contribution is 2.27. The molecule has 0 amide bonds. The van der Waals surface area contributed by atoms with Crippen LogP contribution in [-0.4, -0.2) is 19.6 Å². The van der Waals surface area contributed by atoms with Crippen LogP contribution in [0.4, 0.5) is 10.1 Å². The number of anilines is 1. The van der Waals surface area contributed by atoms with Gasteiger partial charge in [-0.2, -0.15) is 0 Å². The van der Waals surface area contributed by atoms with E-state index in [1.807, 2.05) is 6.07 Å². The molecule has 3 heteroatoms. The van der Waals surface area contributed by atoms with Gasteiger partial charge in [-0.15, -0.1) is 0 Å². The molecular formula is C18H21FN2. The minimum absolute atomic E-state index is 0.164. The van der Waals surface area contributed by atoms with Crippen LogP contribution in [0.1, 0.15) is 17.5 Å². The Morgan fingerprint density at radius 3 is 2.90 bits per heavy atom. The Hall–Kier alpha value is -1.87. The number of fused-ring (bicyclic) bond motifs is 1.